The maximum atomic E-state index is 12.9. The van der Waals surface area contributed by atoms with Crippen LogP contribution in [0, 0.1) is 49.4 Å². The van der Waals surface area contributed by atoms with E-state index in [1.165, 1.54) is 11.3 Å². The third-order valence-electron chi connectivity index (χ3n) is 6.57. The zero-order valence-corrected chi connectivity index (χ0v) is 14.0. The maximum absolute atomic E-state index is 12.9. The van der Waals surface area contributed by atoms with Crippen molar-refractivity contribution in [2.75, 3.05) is 12.0 Å². The molecular weight excluding hydrogens is 300 g/mol. The Morgan fingerprint density at radius 3 is 2.29 bits per heavy atom. The molecule has 1 saturated heterocycles. The summed E-state index contributed by atoms with van der Waals surface area (Å²) in [5.41, 5.74) is 3.28. The lowest BCUT2D eigenvalue weighted by Crippen LogP contribution is -2.40. The monoisotopic (exact) mass is 322 g/mol. The highest BCUT2D eigenvalue weighted by Crippen LogP contribution is 2.65. The number of amides is 2. The van der Waals surface area contributed by atoms with E-state index in [4.69, 9.17) is 0 Å². The second-order valence-electron chi connectivity index (χ2n) is 7.91. The fourth-order valence-corrected chi connectivity index (χ4v) is 5.27. The molecule has 1 N–H and O–H groups in total. The Hall–Kier alpha value is -2.10. The van der Waals surface area contributed by atoms with Gasteiger partial charge >= 0.3 is 0 Å². The van der Waals surface area contributed by atoms with Crippen molar-refractivity contribution in [1.82, 2.24) is 4.90 Å². The lowest BCUT2D eigenvalue weighted by molar-refractivity contribution is -0.139. The van der Waals surface area contributed by atoms with Gasteiger partial charge in [-0.1, -0.05) is 24.3 Å². The van der Waals surface area contributed by atoms with Crippen LogP contribution in [0.2, 0.25) is 0 Å². The van der Waals surface area contributed by atoms with Crippen molar-refractivity contribution in [2.45, 2.75) is 20.3 Å². The Morgan fingerprint density at radius 2 is 1.67 bits per heavy atom. The largest absolute Gasteiger partial charge is 0.367 e. The van der Waals surface area contributed by atoms with E-state index in [0.717, 1.165) is 16.8 Å². The minimum atomic E-state index is -0.100. The molecule has 1 aliphatic heterocycles. The van der Waals surface area contributed by atoms with Gasteiger partial charge in [0, 0.05) is 5.69 Å². The van der Waals surface area contributed by atoms with E-state index >= 15 is 0 Å². The zero-order chi connectivity index (χ0) is 16.6. The van der Waals surface area contributed by atoms with E-state index in [0.29, 0.717) is 23.7 Å². The van der Waals surface area contributed by atoms with Gasteiger partial charge in [0.1, 0.15) is 0 Å². The fourth-order valence-electron chi connectivity index (χ4n) is 5.27. The Balaban J connectivity index is 1.38. The topological polar surface area (TPSA) is 49.4 Å². The van der Waals surface area contributed by atoms with Crippen LogP contribution in [0.5, 0.6) is 0 Å². The van der Waals surface area contributed by atoms with Crippen molar-refractivity contribution in [3.05, 3.63) is 41.5 Å². The van der Waals surface area contributed by atoms with E-state index in [9.17, 15) is 9.59 Å². The molecule has 4 heteroatoms. The lowest BCUT2D eigenvalue weighted by Gasteiger charge is -2.37. The number of nitrogens with one attached hydrogen (secondary N) is 1. The highest BCUT2D eigenvalue weighted by Gasteiger charge is 2.66. The summed E-state index contributed by atoms with van der Waals surface area (Å²) >= 11 is 0. The molecule has 1 heterocycles. The molecule has 2 bridgehead atoms. The first-order chi connectivity index (χ1) is 11.6. The third-order valence-corrected chi connectivity index (χ3v) is 6.57. The third kappa shape index (κ3) is 1.80. The number of carbonyl (C=O) groups is 2. The van der Waals surface area contributed by atoms with Crippen LogP contribution in [0.1, 0.15) is 17.5 Å². The number of allylic oxidation sites excluding steroid dienone is 2. The first-order valence-electron chi connectivity index (χ1n) is 8.91. The van der Waals surface area contributed by atoms with Crippen LogP contribution in [-0.2, 0) is 9.59 Å². The second-order valence-corrected chi connectivity index (χ2v) is 7.91. The Bertz CT molecular complexity index is 748. The first-order valence-corrected chi connectivity index (χ1v) is 8.91. The van der Waals surface area contributed by atoms with Crippen molar-refractivity contribution in [3.8, 4) is 0 Å². The number of hydrogen-bond acceptors (Lipinski definition) is 3. The summed E-state index contributed by atoms with van der Waals surface area (Å²) in [4.78, 5) is 27.3. The first kappa shape index (κ1) is 14.3. The predicted molar refractivity (Wildman–Crippen MR) is 91.0 cm³/mol. The van der Waals surface area contributed by atoms with E-state index < -0.39 is 0 Å². The van der Waals surface area contributed by atoms with Gasteiger partial charge in [-0.2, -0.15) is 0 Å². The molecule has 5 aliphatic rings. The normalized spacial score (nSPS) is 38.3. The number of likely N-dealkylation sites (tertiary alicyclic amines) is 1. The average Bonchev–Trinajstić information content (AvgIpc) is 3.35. The smallest absolute Gasteiger partial charge is 0.235 e. The number of carbonyl (C=O) groups excluding carboxylic acids is 2. The van der Waals surface area contributed by atoms with Gasteiger partial charge in [0.25, 0.3) is 0 Å². The number of nitrogens with zero attached hydrogens (tertiary/aromatic N) is 1. The van der Waals surface area contributed by atoms with E-state index in [2.05, 4.69) is 35.7 Å². The number of imide groups is 1. The molecule has 124 valence electrons. The Morgan fingerprint density at radius 1 is 1.04 bits per heavy atom. The summed E-state index contributed by atoms with van der Waals surface area (Å²) in [5.74, 6) is 1.78. The summed E-state index contributed by atoms with van der Waals surface area (Å²) in [6.07, 6.45) is 5.64. The molecule has 4 aliphatic carbocycles. The van der Waals surface area contributed by atoms with Crippen molar-refractivity contribution in [2.24, 2.45) is 35.5 Å². The van der Waals surface area contributed by atoms with E-state index in [1.54, 1.807) is 0 Å². The highest BCUT2D eigenvalue weighted by molar-refractivity contribution is 6.06. The molecule has 1 aromatic carbocycles. The average molecular weight is 322 g/mol. The van der Waals surface area contributed by atoms with Gasteiger partial charge in [-0.05, 0) is 61.1 Å². The fraction of sp³-hybridized carbons (Fsp3) is 0.500. The molecular formula is C20H22N2O2. The number of benzene rings is 1. The zero-order valence-electron chi connectivity index (χ0n) is 14.0. The quantitative estimate of drug-likeness (QED) is 0.688. The van der Waals surface area contributed by atoms with Crippen LogP contribution >= 0.6 is 0 Å². The van der Waals surface area contributed by atoms with Crippen LogP contribution < -0.4 is 5.32 Å². The molecule has 0 aromatic heterocycles. The molecule has 4 nitrogen and oxygen atoms in total. The van der Waals surface area contributed by atoms with Crippen molar-refractivity contribution in [1.29, 1.82) is 0 Å². The van der Waals surface area contributed by atoms with Gasteiger partial charge < -0.3 is 5.32 Å². The van der Waals surface area contributed by atoms with Crippen LogP contribution in [0.3, 0.4) is 0 Å². The van der Waals surface area contributed by atoms with E-state index in [-0.39, 0.29) is 30.3 Å². The number of aryl methyl sites for hydroxylation is 2. The van der Waals surface area contributed by atoms with Gasteiger partial charge in [0.2, 0.25) is 11.8 Å². The summed E-state index contributed by atoms with van der Waals surface area (Å²) in [6, 6.07) is 6.19. The highest BCUT2D eigenvalue weighted by atomic mass is 16.2. The second kappa shape index (κ2) is 4.71. The van der Waals surface area contributed by atoms with Crippen molar-refractivity contribution >= 4 is 17.5 Å². The Kier molecular flexibility index (Phi) is 2.80. The summed E-state index contributed by atoms with van der Waals surface area (Å²) in [6.45, 7) is 4.36. The standard InChI is InChI=1S/C20H22N2O2/c1-10-3-4-11(2)16(7-10)21-9-22-19(23)17-12-5-6-13(15-8-14(12)15)18(17)20(22)24/h3-7,12-15,17-18,21H,8-9H2,1-2H3/t12-,13-,14-,15-,17+,18+/m0/s1. The number of hydrogen-bond donors (Lipinski definition) is 1. The number of rotatable bonds is 3. The van der Waals surface area contributed by atoms with Crippen LogP contribution in [0.15, 0.2) is 30.4 Å². The van der Waals surface area contributed by atoms with Crippen molar-refractivity contribution in [3.63, 3.8) is 0 Å². The van der Waals surface area contributed by atoms with E-state index in [1.807, 2.05) is 13.8 Å². The molecule has 3 fully saturated rings. The van der Waals surface area contributed by atoms with Crippen molar-refractivity contribution < 1.29 is 9.59 Å². The minimum Gasteiger partial charge on any atom is -0.367 e. The molecule has 6 rings (SSSR count). The molecule has 24 heavy (non-hydrogen) atoms. The molecule has 2 amide bonds. The minimum absolute atomic E-state index is 0.0347. The molecule has 0 unspecified atom stereocenters. The molecule has 2 saturated carbocycles. The van der Waals surface area contributed by atoms with Crippen LogP contribution in [0.25, 0.3) is 0 Å². The summed E-state index contributed by atoms with van der Waals surface area (Å²) in [5, 5.41) is 3.30. The predicted octanol–water partition coefficient (Wildman–Crippen LogP) is 2.73. The molecule has 0 spiro atoms. The SMILES string of the molecule is Cc1ccc(C)c(NCN2C(=O)[C@@H]3[C@H]4C=C[C@@H]([C@@H]5C[C@@H]45)[C@H]3C2=O)c1. The van der Waals surface area contributed by atoms with Gasteiger partial charge in [-0.3, -0.25) is 14.5 Å². The van der Waals surface area contributed by atoms with Gasteiger partial charge in [-0.15, -0.1) is 0 Å². The molecule has 0 radical (unpaired) electrons. The summed E-state index contributed by atoms with van der Waals surface area (Å²) in [7, 11) is 0. The van der Waals surface area contributed by atoms with Gasteiger partial charge in [0.15, 0.2) is 0 Å². The van der Waals surface area contributed by atoms with Gasteiger partial charge in [-0.25, -0.2) is 0 Å². The van der Waals surface area contributed by atoms with Gasteiger partial charge in [0.05, 0.1) is 18.5 Å². The van der Waals surface area contributed by atoms with Crippen LogP contribution in [0.4, 0.5) is 5.69 Å². The molecule has 1 aromatic rings. The van der Waals surface area contributed by atoms with Crippen LogP contribution in [-0.4, -0.2) is 23.4 Å². The lowest BCUT2D eigenvalue weighted by atomic mass is 9.63. The molecule has 6 atom stereocenters. The number of anilines is 1. The summed E-state index contributed by atoms with van der Waals surface area (Å²) < 4.78 is 0. The maximum Gasteiger partial charge on any atom is 0.235 e. The Labute approximate surface area is 141 Å².